The highest BCUT2D eigenvalue weighted by molar-refractivity contribution is 7.14. The maximum atomic E-state index is 12.2. The van der Waals surface area contributed by atoms with E-state index in [0.29, 0.717) is 22.3 Å². The van der Waals surface area contributed by atoms with Gasteiger partial charge in [-0.2, -0.15) is 0 Å². The Labute approximate surface area is 155 Å². The monoisotopic (exact) mass is 372 g/mol. The predicted octanol–water partition coefficient (Wildman–Crippen LogP) is 5.50. The summed E-state index contributed by atoms with van der Waals surface area (Å²) in [4.78, 5) is 16.7. The van der Waals surface area contributed by atoms with Gasteiger partial charge in [-0.15, -0.1) is 11.3 Å². The lowest BCUT2D eigenvalue weighted by atomic mass is 10.2. The normalized spacial score (nSPS) is 10.5. The molecule has 0 fully saturated rings. The third-order valence-electron chi connectivity index (χ3n) is 3.45. The quantitative estimate of drug-likeness (QED) is 0.621. The second-order valence-electron chi connectivity index (χ2n) is 5.37. The summed E-state index contributed by atoms with van der Waals surface area (Å²) in [5, 5.41) is 5.88. The van der Waals surface area contributed by atoms with E-state index in [2.05, 4.69) is 17.2 Å². The van der Waals surface area contributed by atoms with Gasteiger partial charge < -0.3 is 4.74 Å². The molecule has 0 atom stereocenters. The van der Waals surface area contributed by atoms with Crippen LogP contribution in [0, 0.1) is 0 Å². The zero-order valence-electron chi connectivity index (χ0n) is 13.7. The molecule has 3 rings (SSSR count). The highest BCUT2D eigenvalue weighted by Gasteiger charge is 2.10. The van der Waals surface area contributed by atoms with E-state index < -0.39 is 0 Å². The minimum absolute atomic E-state index is 0.208. The van der Waals surface area contributed by atoms with Crippen molar-refractivity contribution >= 4 is 34.0 Å². The Bertz CT molecular complexity index is 845. The van der Waals surface area contributed by atoms with E-state index in [1.807, 2.05) is 29.6 Å². The number of thiazole rings is 1. The summed E-state index contributed by atoms with van der Waals surface area (Å²) in [5.74, 6) is 0.637. The minimum Gasteiger partial charge on any atom is -0.494 e. The van der Waals surface area contributed by atoms with Crippen LogP contribution in [-0.4, -0.2) is 17.5 Å². The number of hydrogen-bond acceptors (Lipinski definition) is 4. The van der Waals surface area contributed by atoms with Gasteiger partial charge in [-0.1, -0.05) is 18.5 Å². The van der Waals surface area contributed by atoms with Crippen LogP contribution in [-0.2, 0) is 0 Å². The number of hydrogen-bond donors (Lipinski definition) is 1. The number of aromatic nitrogens is 1. The third kappa shape index (κ3) is 4.59. The Hall–Kier alpha value is -2.37. The van der Waals surface area contributed by atoms with Crippen molar-refractivity contribution in [2.75, 3.05) is 11.9 Å². The largest absolute Gasteiger partial charge is 0.494 e. The van der Waals surface area contributed by atoms with Crippen LogP contribution in [0.25, 0.3) is 11.3 Å². The molecule has 4 nitrogen and oxygen atoms in total. The van der Waals surface area contributed by atoms with E-state index in [-0.39, 0.29) is 5.91 Å². The molecule has 0 unspecified atom stereocenters. The number of halogens is 1. The fourth-order valence-corrected chi connectivity index (χ4v) is 3.02. The highest BCUT2D eigenvalue weighted by atomic mass is 35.5. The van der Waals surface area contributed by atoms with Crippen molar-refractivity contribution in [2.45, 2.75) is 13.3 Å². The molecule has 0 spiro atoms. The topological polar surface area (TPSA) is 51.2 Å². The number of carbonyl (C=O) groups is 1. The number of rotatable bonds is 6. The number of nitrogens with zero attached hydrogens (tertiary/aromatic N) is 1. The number of ether oxygens (including phenoxy) is 1. The fourth-order valence-electron chi connectivity index (χ4n) is 2.18. The Balaban J connectivity index is 1.67. The molecule has 128 valence electrons. The first kappa shape index (κ1) is 17.5. The smallest absolute Gasteiger partial charge is 0.257 e. The molecule has 0 radical (unpaired) electrons. The molecule has 0 saturated heterocycles. The van der Waals surface area contributed by atoms with Crippen molar-refractivity contribution < 1.29 is 9.53 Å². The zero-order chi connectivity index (χ0) is 17.6. The maximum Gasteiger partial charge on any atom is 0.257 e. The van der Waals surface area contributed by atoms with Crippen molar-refractivity contribution in [3.05, 3.63) is 64.5 Å². The number of carbonyl (C=O) groups excluding carboxylic acids is 1. The van der Waals surface area contributed by atoms with Crippen LogP contribution in [0.3, 0.4) is 0 Å². The van der Waals surface area contributed by atoms with Crippen LogP contribution in [0.4, 0.5) is 5.13 Å². The van der Waals surface area contributed by atoms with Crippen LogP contribution in [0.15, 0.2) is 53.9 Å². The van der Waals surface area contributed by atoms with Gasteiger partial charge in [0, 0.05) is 21.5 Å². The molecule has 0 bridgehead atoms. The average molecular weight is 373 g/mol. The summed E-state index contributed by atoms with van der Waals surface area (Å²) in [5.41, 5.74) is 2.34. The summed E-state index contributed by atoms with van der Waals surface area (Å²) >= 11 is 7.22. The standard InChI is InChI=1S/C19H17ClN2O2S/c1-2-11-24-16-9-5-13(6-10-16)17-12-25-19(21-17)22-18(23)14-3-7-15(20)8-4-14/h3-10,12H,2,11H2,1H3,(H,21,22,23). The van der Waals surface area contributed by atoms with Crippen LogP contribution < -0.4 is 10.1 Å². The molecular weight excluding hydrogens is 356 g/mol. The minimum atomic E-state index is -0.208. The molecule has 1 N–H and O–H groups in total. The third-order valence-corrected chi connectivity index (χ3v) is 4.46. The molecule has 1 aromatic heterocycles. The summed E-state index contributed by atoms with van der Waals surface area (Å²) in [6.07, 6.45) is 0.977. The van der Waals surface area contributed by atoms with Gasteiger partial charge in [0.2, 0.25) is 0 Å². The molecule has 1 amide bonds. The van der Waals surface area contributed by atoms with Gasteiger partial charge in [-0.3, -0.25) is 10.1 Å². The van der Waals surface area contributed by atoms with Gasteiger partial charge in [0.1, 0.15) is 5.75 Å². The van der Waals surface area contributed by atoms with E-state index in [1.54, 1.807) is 24.3 Å². The number of benzene rings is 2. The molecule has 0 aliphatic carbocycles. The van der Waals surface area contributed by atoms with E-state index in [9.17, 15) is 4.79 Å². The van der Waals surface area contributed by atoms with Gasteiger partial charge in [0.05, 0.1) is 12.3 Å². The van der Waals surface area contributed by atoms with E-state index in [4.69, 9.17) is 16.3 Å². The Morgan fingerprint density at radius 1 is 1.16 bits per heavy atom. The maximum absolute atomic E-state index is 12.2. The van der Waals surface area contributed by atoms with Gasteiger partial charge in [0.25, 0.3) is 5.91 Å². The predicted molar refractivity (Wildman–Crippen MR) is 103 cm³/mol. The van der Waals surface area contributed by atoms with Crippen LogP contribution in [0.2, 0.25) is 5.02 Å². The first-order valence-corrected chi connectivity index (χ1v) is 9.17. The Morgan fingerprint density at radius 2 is 1.88 bits per heavy atom. The average Bonchev–Trinajstić information content (AvgIpc) is 3.09. The zero-order valence-corrected chi connectivity index (χ0v) is 15.2. The summed E-state index contributed by atoms with van der Waals surface area (Å²) < 4.78 is 5.58. The number of anilines is 1. The summed E-state index contributed by atoms with van der Waals surface area (Å²) in [6, 6.07) is 14.5. The summed E-state index contributed by atoms with van der Waals surface area (Å²) in [7, 11) is 0. The van der Waals surface area contributed by atoms with E-state index >= 15 is 0 Å². The van der Waals surface area contributed by atoms with Gasteiger partial charge in [-0.25, -0.2) is 4.98 Å². The first-order chi connectivity index (χ1) is 12.2. The molecule has 1 heterocycles. The number of nitrogens with one attached hydrogen (secondary N) is 1. The van der Waals surface area contributed by atoms with Crippen LogP contribution >= 0.6 is 22.9 Å². The molecule has 0 aliphatic heterocycles. The summed E-state index contributed by atoms with van der Waals surface area (Å²) in [6.45, 7) is 2.78. The van der Waals surface area contributed by atoms with Crippen molar-refractivity contribution in [1.29, 1.82) is 0 Å². The van der Waals surface area contributed by atoms with Crippen molar-refractivity contribution in [2.24, 2.45) is 0 Å². The van der Waals surface area contributed by atoms with Gasteiger partial charge in [0.15, 0.2) is 5.13 Å². The molecule has 25 heavy (non-hydrogen) atoms. The SMILES string of the molecule is CCCOc1ccc(-c2csc(NC(=O)c3ccc(Cl)cc3)n2)cc1. The molecule has 3 aromatic rings. The van der Waals surface area contributed by atoms with Crippen LogP contribution in [0.5, 0.6) is 5.75 Å². The second kappa shape index (κ2) is 8.14. The number of amides is 1. The fraction of sp³-hybridized carbons (Fsp3) is 0.158. The molecule has 0 aliphatic rings. The van der Waals surface area contributed by atoms with Crippen molar-refractivity contribution in [1.82, 2.24) is 4.98 Å². The second-order valence-corrected chi connectivity index (χ2v) is 6.67. The highest BCUT2D eigenvalue weighted by Crippen LogP contribution is 2.27. The lowest BCUT2D eigenvalue weighted by molar-refractivity contribution is 0.102. The van der Waals surface area contributed by atoms with Crippen molar-refractivity contribution in [3.8, 4) is 17.0 Å². The molecule has 6 heteroatoms. The first-order valence-electron chi connectivity index (χ1n) is 7.91. The van der Waals surface area contributed by atoms with Gasteiger partial charge in [-0.05, 0) is 55.0 Å². The molecule has 2 aromatic carbocycles. The Morgan fingerprint density at radius 3 is 2.56 bits per heavy atom. The Kier molecular flexibility index (Phi) is 5.68. The lowest BCUT2D eigenvalue weighted by Crippen LogP contribution is -2.11. The van der Waals surface area contributed by atoms with E-state index in [1.165, 1.54) is 11.3 Å². The molecule has 0 saturated carbocycles. The van der Waals surface area contributed by atoms with Gasteiger partial charge >= 0.3 is 0 Å². The lowest BCUT2D eigenvalue weighted by Gasteiger charge is -2.04. The van der Waals surface area contributed by atoms with Crippen molar-refractivity contribution in [3.63, 3.8) is 0 Å². The van der Waals surface area contributed by atoms with E-state index in [0.717, 1.165) is 23.4 Å². The van der Waals surface area contributed by atoms with Crippen LogP contribution in [0.1, 0.15) is 23.7 Å². The molecular formula is C19H17ClN2O2S.